The Morgan fingerprint density at radius 3 is 2.31 bits per heavy atom. The first-order valence-corrected chi connectivity index (χ1v) is 15.3. The molecule has 0 spiro atoms. The number of carbonyl (C=O) groups is 1. The Morgan fingerprint density at radius 1 is 0.949 bits per heavy atom. The number of hydrogen-bond donors (Lipinski definition) is 1. The maximum Gasteiger partial charge on any atom is 0.325 e. The summed E-state index contributed by atoms with van der Waals surface area (Å²) in [5.74, 6) is 0.0809. The van der Waals surface area contributed by atoms with Crippen molar-refractivity contribution in [3.05, 3.63) is 54.1 Å². The molecule has 0 aliphatic carbocycles. The number of unbranched alkanes of at least 4 members (excludes halogenated alkanes) is 1. The summed E-state index contributed by atoms with van der Waals surface area (Å²) in [4.78, 5) is 16.9. The van der Waals surface area contributed by atoms with Gasteiger partial charge in [-0.05, 0) is 61.2 Å². The van der Waals surface area contributed by atoms with Crippen LogP contribution in [-0.4, -0.2) is 93.2 Å². The Kier molecular flexibility index (Phi) is 10.2. The quantitative estimate of drug-likeness (QED) is 0.369. The minimum atomic E-state index is -4.10. The molecule has 0 saturated carbocycles. The molecule has 10 heteroatoms. The van der Waals surface area contributed by atoms with Crippen molar-refractivity contribution in [2.45, 2.75) is 48.8 Å². The normalized spacial score (nSPS) is 18.5. The summed E-state index contributed by atoms with van der Waals surface area (Å²) in [5.41, 5.74) is 1.04. The molecule has 0 aromatic heterocycles. The Bertz CT molecular complexity index is 1170. The second-order valence-corrected chi connectivity index (χ2v) is 12.5. The van der Waals surface area contributed by atoms with Crippen LogP contribution in [0.15, 0.2) is 53.4 Å². The number of hydrogen-bond acceptors (Lipinski definition) is 8. The van der Waals surface area contributed by atoms with Gasteiger partial charge in [0.25, 0.3) is 0 Å². The van der Waals surface area contributed by atoms with Crippen molar-refractivity contribution in [2.24, 2.45) is 0 Å². The lowest BCUT2D eigenvalue weighted by Gasteiger charge is -2.38. The molecule has 2 saturated heterocycles. The number of nitrogens with zero attached hydrogens (tertiary/aromatic N) is 2. The molecule has 214 valence electrons. The average Bonchev–Trinajstić information content (AvgIpc) is 2.94. The van der Waals surface area contributed by atoms with E-state index in [1.807, 2.05) is 24.3 Å². The van der Waals surface area contributed by atoms with Crippen LogP contribution in [0, 0.1) is 0 Å². The van der Waals surface area contributed by atoms with Gasteiger partial charge in [0, 0.05) is 39.3 Å². The molecule has 0 amide bonds. The fourth-order valence-corrected chi connectivity index (χ4v) is 6.95. The van der Waals surface area contributed by atoms with Crippen LogP contribution in [0.4, 0.5) is 0 Å². The number of piperidine rings is 1. The van der Waals surface area contributed by atoms with Gasteiger partial charge in [-0.15, -0.1) is 0 Å². The highest BCUT2D eigenvalue weighted by atomic mass is 32.2. The summed E-state index contributed by atoms with van der Waals surface area (Å²) in [6.45, 7) is 8.76. The first-order chi connectivity index (χ1) is 18.8. The first-order valence-electron chi connectivity index (χ1n) is 13.8. The maximum atomic E-state index is 13.6. The molecule has 0 unspecified atom stereocenters. The molecule has 2 aromatic rings. The van der Waals surface area contributed by atoms with Gasteiger partial charge in [-0.25, -0.2) is 8.42 Å². The predicted octanol–water partition coefficient (Wildman–Crippen LogP) is 3.47. The van der Waals surface area contributed by atoms with Gasteiger partial charge in [0.2, 0.25) is 0 Å². The molecule has 2 heterocycles. The van der Waals surface area contributed by atoms with E-state index in [9.17, 15) is 18.3 Å². The fourth-order valence-electron chi connectivity index (χ4n) is 5.05. The molecule has 0 radical (unpaired) electrons. The van der Waals surface area contributed by atoms with Crippen molar-refractivity contribution in [2.75, 3.05) is 59.2 Å². The minimum Gasteiger partial charge on any atom is -0.494 e. The summed E-state index contributed by atoms with van der Waals surface area (Å²) in [6.07, 6.45) is 1.95. The average molecular weight is 561 g/mol. The number of aliphatic carboxylic acids is 1. The molecular weight excluding hydrogens is 520 g/mol. The van der Waals surface area contributed by atoms with Crippen molar-refractivity contribution in [3.8, 4) is 11.5 Å². The number of rotatable bonds is 13. The van der Waals surface area contributed by atoms with Gasteiger partial charge in [-0.1, -0.05) is 25.5 Å². The fraction of sp³-hybridized carbons (Fsp3) is 0.552. The van der Waals surface area contributed by atoms with Crippen molar-refractivity contribution < 1.29 is 32.5 Å². The SMILES string of the molecule is CCCCOc1ccc(S(=O)(=O)C2(C(=O)O)CCN(Cc3cccc(OCCN4CCOCC4)c3)CC2)cc1. The molecule has 0 atom stereocenters. The second-order valence-electron chi connectivity index (χ2n) is 10.2. The van der Waals surface area contributed by atoms with E-state index in [2.05, 4.69) is 16.7 Å². The van der Waals surface area contributed by atoms with E-state index in [0.29, 0.717) is 38.6 Å². The Morgan fingerprint density at radius 2 is 1.64 bits per heavy atom. The smallest absolute Gasteiger partial charge is 0.325 e. The third-order valence-electron chi connectivity index (χ3n) is 7.55. The Labute approximate surface area is 231 Å². The molecule has 1 N–H and O–H groups in total. The van der Waals surface area contributed by atoms with E-state index < -0.39 is 20.6 Å². The van der Waals surface area contributed by atoms with E-state index >= 15 is 0 Å². The summed E-state index contributed by atoms with van der Waals surface area (Å²) in [5, 5.41) is 10.1. The molecule has 9 nitrogen and oxygen atoms in total. The first kappa shape index (κ1) is 29.3. The third kappa shape index (κ3) is 7.30. The van der Waals surface area contributed by atoms with E-state index in [4.69, 9.17) is 14.2 Å². The summed E-state index contributed by atoms with van der Waals surface area (Å²) < 4.78 is 42.3. The zero-order valence-electron chi connectivity index (χ0n) is 22.7. The van der Waals surface area contributed by atoms with Crippen LogP contribution in [-0.2, 0) is 25.9 Å². The van der Waals surface area contributed by atoms with Gasteiger partial charge >= 0.3 is 5.97 Å². The van der Waals surface area contributed by atoms with Gasteiger partial charge < -0.3 is 19.3 Å². The van der Waals surface area contributed by atoms with Crippen LogP contribution < -0.4 is 9.47 Å². The van der Waals surface area contributed by atoms with Crippen LogP contribution in [0.2, 0.25) is 0 Å². The molecule has 2 aliphatic rings. The number of carboxylic acid groups (broad SMARTS) is 1. The highest BCUT2D eigenvalue weighted by molar-refractivity contribution is 7.93. The number of carboxylic acids is 1. The molecule has 39 heavy (non-hydrogen) atoms. The van der Waals surface area contributed by atoms with Crippen molar-refractivity contribution in [1.29, 1.82) is 0 Å². The van der Waals surface area contributed by atoms with Gasteiger partial charge in [-0.3, -0.25) is 14.6 Å². The topological polar surface area (TPSA) is 106 Å². The number of likely N-dealkylation sites (tertiary alicyclic amines) is 1. The second kappa shape index (κ2) is 13.6. The van der Waals surface area contributed by atoms with Crippen molar-refractivity contribution >= 4 is 15.8 Å². The van der Waals surface area contributed by atoms with E-state index in [1.54, 1.807) is 12.1 Å². The Balaban J connectivity index is 1.34. The van der Waals surface area contributed by atoms with E-state index in [1.165, 1.54) is 12.1 Å². The number of benzene rings is 2. The van der Waals surface area contributed by atoms with Crippen molar-refractivity contribution in [3.63, 3.8) is 0 Å². The molecule has 0 bridgehead atoms. The zero-order valence-corrected chi connectivity index (χ0v) is 23.5. The van der Waals surface area contributed by atoms with Crippen LogP contribution >= 0.6 is 0 Å². The lowest BCUT2D eigenvalue weighted by Crippen LogP contribution is -2.54. The lowest BCUT2D eigenvalue weighted by atomic mass is 9.95. The van der Waals surface area contributed by atoms with Crippen LogP contribution in [0.25, 0.3) is 0 Å². The standard InChI is InChI=1S/C29H40N2O7S/c1-2-3-18-37-25-7-9-27(10-8-25)39(34,35)29(28(32)33)11-13-31(14-12-29)23-24-5-4-6-26(22-24)38-21-17-30-15-19-36-20-16-30/h4-10,22H,2-3,11-21,23H2,1H3,(H,32,33). The molecule has 4 rings (SSSR count). The van der Waals surface area contributed by atoms with Gasteiger partial charge in [0.15, 0.2) is 14.6 Å². The minimum absolute atomic E-state index is 0.0168. The van der Waals surface area contributed by atoms with E-state index in [-0.39, 0.29) is 17.7 Å². The number of sulfone groups is 1. The molecule has 2 aliphatic heterocycles. The van der Waals surface area contributed by atoms with Crippen LogP contribution in [0.5, 0.6) is 11.5 Å². The largest absolute Gasteiger partial charge is 0.494 e. The van der Waals surface area contributed by atoms with Gasteiger partial charge in [0.05, 0.1) is 24.7 Å². The maximum absolute atomic E-state index is 13.6. The third-order valence-corrected chi connectivity index (χ3v) is 10.1. The van der Waals surface area contributed by atoms with Crippen LogP contribution in [0.3, 0.4) is 0 Å². The van der Waals surface area contributed by atoms with Crippen molar-refractivity contribution in [1.82, 2.24) is 9.80 Å². The summed E-state index contributed by atoms with van der Waals surface area (Å²) >= 11 is 0. The highest BCUT2D eigenvalue weighted by Gasteiger charge is 2.53. The van der Waals surface area contributed by atoms with Gasteiger partial charge in [-0.2, -0.15) is 0 Å². The van der Waals surface area contributed by atoms with E-state index in [0.717, 1.165) is 57.0 Å². The molecular formula is C29H40N2O7S. The monoisotopic (exact) mass is 560 g/mol. The summed E-state index contributed by atoms with van der Waals surface area (Å²) in [6, 6.07) is 14.0. The molecule has 2 aromatic carbocycles. The summed E-state index contributed by atoms with van der Waals surface area (Å²) in [7, 11) is -4.10. The van der Waals surface area contributed by atoms with Crippen LogP contribution in [0.1, 0.15) is 38.2 Å². The zero-order chi connectivity index (χ0) is 27.7. The Hall–Kier alpha value is -2.66. The number of ether oxygens (including phenoxy) is 3. The number of morpholine rings is 1. The lowest BCUT2D eigenvalue weighted by molar-refractivity contribution is -0.141. The van der Waals surface area contributed by atoms with Gasteiger partial charge in [0.1, 0.15) is 18.1 Å². The predicted molar refractivity (Wildman–Crippen MR) is 148 cm³/mol. The molecule has 2 fully saturated rings. The highest BCUT2D eigenvalue weighted by Crippen LogP contribution is 2.37.